The van der Waals surface area contributed by atoms with Crippen LogP contribution in [0.1, 0.15) is 32.3 Å². The third-order valence-corrected chi connectivity index (χ3v) is 4.93. The van der Waals surface area contributed by atoms with Gasteiger partial charge in [0.1, 0.15) is 5.75 Å². The molecule has 4 rings (SSSR count). The van der Waals surface area contributed by atoms with Gasteiger partial charge in [-0.05, 0) is 44.9 Å². The molecule has 2 aromatic heterocycles. The fraction of sp³-hybridized carbons (Fsp3) is 0.421. The SMILES string of the molecule is CC1(C)C[C@H](Nc2nnc(-c3ccc(C(F)(F)F)cc3O)n3ccnc23)CCO1. The van der Waals surface area contributed by atoms with Crippen LogP contribution in [0.5, 0.6) is 5.75 Å². The molecule has 1 saturated heterocycles. The molecule has 0 aliphatic carbocycles. The van der Waals surface area contributed by atoms with Crippen molar-refractivity contribution in [2.24, 2.45) is 0 Å². The van der Waals surface area contributed by atoms with E-state index in [1.165, 1.54) is 6.07 Å². The van der Waals surface area contributed by atoms with Crippen molar-refractivity contribution >= 4 is 11.5 Å². The molecule has 3 aromatic rings. The largest absolute Gasteiger partial charge is 0.507 e. The highest BCUT2D eigenvalue weighted by Crippen LogP contribution is 2.36. The molecule has 0 saturated carbocycles. The van der Waals surface area contributed by atoms with Crippen LogP contribution in [0, 0.1) is 0 Å². The van der Waals surface area contributed by atoms with Gasteiger partial charge in [0.25, 0.3) is 0 Å². The number of phenols is 1. The summed E-state index contributed by atoms with van der Waals surface area (Å²) in [6, 6.07) is 2.88. The number of anilines is 1. The number of hydrogen-bond acceptors (Lipinski definition) is 6. The number of aromatic hydroxyl groups is 1. The molecule has 0 bridgehead atoms. The van der Waals surface area contributed by atoms with Crippen molar-refractivity contribution in [2.45, 2.75) is 44.5 Å². The van der Waals surface area contributed by atoms with Gasteiger partial charge in [-0.3, -0.25) is 4.40 Å². The van der Waals surface area contributed by atoms with Gasteiger partial charge in [0, 0.05) is 25.0 Å². The van der Waals surface area contributed by atoms with Crippen LogP contribution in [-0.4, -0.2) is 42.9 Å². The highest BCUT2D eigenvalue weighted by atomic mass is 19.4. The number of rotatable bonds is 3. The molecular weight excluding hydrogens is 387 g/mol. The van der Waals surface area contributed by atoms with Crippen LogP contribution in [0.4, 0.5) is 19.0 Å². The van der Waals surface area contributed by atoms with E-state index >= 15 is 0 Å². The summed E-state index contributed by atoms with van der Waals surface area (Å²) in [6.45, 7) is 4.67. The maximum Gasteiger partial charge on any atom is 0.416 e. The van der Waals surface area contributed by atoms with Crippen LogP contribution < -0.4 is 5.32 Å². The summed E-state index contributed by atoms with van der Waals surface area (Å²) in [7, 11) is 0. The van der Waals surface area contributed by atoms with Crippen LogP contribution >= 0.6 is 0 Å². The van der Waals surface area contributed by atoms with E-state index in [-0.39, 0.29) is 23.0 Å². The van der Waals surface area contributed by atoms with Crippen molar-refractivity contribution in [3.63, 3.8) is 0 Å². The van der Waals surface area contributed by atoms with Crippen molar-refractivity contribution in [1.29, 1.82) is 0 Å². The summed E-state index contributed by atoms with van der Waals surface area (Å²) in [5.41, 5.74) is -0.582. The highest BCUT2D eigenvalue weighted by molar-refractivity contribution is 5.71. The van der Waals surface area contributed by atoms with Gasteiger partial charge in [-0.25, -0.2) is 4.98 Å². The molecule has 1 atom stereocenters. The Morgan fingerprint density at radius 2 is 2.07 bits per heavy atom. The average Bonchev–Trinajstić information content (AvgIpc) is 3.11. The van der Waals surface area contributed by atoms with Crippen LogP contribution in [0.25, 0.3) is 17.0 Å². The van der Waals surface area contributed by atoms with Crippen LogP contribution in [0.3, 0.4) is 0 Å². The Labute approximate surface area is 164 Å². The Bertz CT molecular complexity index is 1050. The smallest absolute Gasteiger partial charge is 0.416 e. The molecule has 29 heavy (non-hydrogen) atoms. The van der Waals surface area contributed by atoms with E-state index in [2.05, 4.69) is 20.5 Å². The third kappa shape index (κ3) is 3.84. The number of halogens is 3. The predicted octanol–water partition coefficient (Wildman–Crippen LogP) is 3.89. The van der Waals surface area contributed by atoms with Gasteiger partial charge in [0.2, 0.25) is 0 Å². The molecule has 0 spiro atoms. The number of fused-ring (bicyclic) bond motifs is 1. The van der Waals surface area contributed by atoms with E-state index in [9.17, 15) is 18.3 Å². The van der Waals surface area contributed by atoms with Gasteiger partial charge in [0.15, 0.2) is 17.3 Å². The molecule has 0 amide bonds. The quantitative estimate of drug-likeness (QED) is 0.685. The zero-order valence-corrected chi connectivity index (χ0v) is 15.9. The number of phenolic OH excluding ortho intramolecular Hbond substituents is 1. The fourth-order valence-corrected chi connectivity index (χ4v) is 3.56. The number of imidazole rings is 1. The molecule has 1 aliphatic heterocycles. The Morgan fingerprint density at radius 3 is 2.76 bits per heavy atom. The molecule has 3 heterocycles. The second-order valence-electron chi connectivity index (χ2n) is 7.66. The lowest BCUT2D eigenvalue weighted by atomic mass is 9.94. The molecule has 1 aliphatic rings. The topological polar surface area (TPSA) is 84.6 Å². The predicted molar refractivity (Wildman–Crippen MR) is 99.6 cm³/mol. The maximum absolute atomic E-state index is 12.9. The minimum absolute atomic E-state index is 0.124. The first kappa shape index (κ1) is 19.4. The summed E-state index contributed by atoms with van der Waals surface area (Å²) >= 11 is 0. The van der Waals surface area contributed by atoms with E-state index in [4.69, 9.17) is 4.74 Å². The number of nitrogens with zero attached hydrogens (tertiary/aromatic N) is 4. The minimum Gasteiger partial charge on any atom is -0.507 e. The molecule has 0 unspecified atom stereocenters. The number of ether oxygens (including phenoxy) is 1. The molecule has 154 valence electrons. The van der Waals surface area contributed by atoms with Crippen molar-refractivity contribution in [3.05, 3.63) is 36.2 Å². The summed E-state index contributed by atoms with van der Waals surface area (Å²) in [6.07, 6.45) is 0.206. The van der Waals surface area contributed by atoms with Gasteiger partial charge in [-0.15, -0.1) is 10.2 Å². The number of benzene rings is 1. The lowest BCUT2D eigenvalue weighted by Crippen LogP contribution is -2.40. The molecular formula is C19H20F3N5O2. The van der Waals surface area contributed by atoms with E-state index in [0.29, 0.717) is 24.1 Å². The van der Waals surface area contributed by atoms with Gasteiger partial charge in [0.05, 0.1) is 16.7 Å². The fourth-order valence-electron chi connectivity index (χ4n) is 3.56. The van der Waals surface area contributed by atoms with Crippen LogP contribution in [0.15, 0.2) is 30.6 Å². The van der Waals surface area contributed by atoms with E-state index in [0.717, 1.165) is 18.9 Å². The van der Waals surface area contributed by atoms with Gasteiger partial charge in [-0.1, -0.05) is 0 Å². The first-order valence-corrected chi connectivity index (χ1v) is 9.15. The maximum atomic E-state index is 12.9. The van der Waals surface area contributed by atoms with E-state index in [1.54, 1.807) is 16.8 Å². The van der Waals surface area contributed by atoms with Crippen LogP contribution in [0.2, 0.25) is 0 Å². The first-order valence-electron chi connectivity index (χ1n) is 9.15. The zero-order valence-electron chi connectivity index (χ0n) is 15.9. The molecule has 10 heteroatoms. The molecule has 7 nitrogen and oxygen atoms in total. The van der Waals surface area contributed by atoms with E-state index < -0.39 is 17.5 Å². The summed E-state index contributed by atoms with van der Waals surface area (Å²) in [5, 5.41) is 21.8. The Kier molecular flexibility index (Phi) is 4.60. The average molecular weight is 407 g/mol. The third-order valence-electron chi connectivity index (χ3n) is 4.93. The van der Waals surface area contributed by atoms with E-state index in [1.807, 2.05) is 13.8 Å². The van der Waals surface area contributed by atoms with Crippen LogP contribution in [-0.2, 0) is 10.9 Å². The minimum atomic E-state index is -4.54. The van der Waals surface area contributed by atoms with Crippen molar-refractivity contribution in [2.75, 3.05) is 11.9 Å². The number of aromatic nitrogens is 4. The Balaban J connectivity index is 1.69. The highest BCUT2D eigenvalue weighted by Gasteiger charge is 2.32. The Hall–Kier alpha value is -2.88. The number of hydrogen-bond donors (Lipinski definition) is 2. The van der Waals surface area contributed by atoms with Crippen molar-refractivity contribution in [3.8, 4) is 17.1 Å². The summed E-state index contributed by atoms with van der Waals surface area (Å²) < 4.78 is 45.9. The molecule has 1 fully saturated rings. The molecule has 1 aromatic carbocycles. The standard InChI is InChI=1S/C19H20F3N5O2/c1-18(2)10-12(5-8-29-18)24-15-17-23-6-7-27(17)16(26-25-15)13-4-3-11(9-14(13)28)19(20,21)22/h3-4,6-7,9,12,28H,5,8,10H2,1-2H3,(H,24,25)/t12-/m1/s1. The van der Waals surface area contributed by atoms with Gasteiger partial charge < -0.3 is 15.2 Å². The zero-order chi connectivity index (χ0) is 20.8. The second-order valence-corrected chi connectivity index (χ2v) is 7.66. The first-order chi connectivity index (χ1) is 13.6. The molecule has 0 radical (unpaired) electrons. The Morgan fingerprint density at radius 1 is 1.28 bits per heavy atom. The summed E-state index contributed by atoms with van der Waals surface area (Å²) in [5.74, 6) is 0.130. The normalized spacial score (nSPS) is 19.4. The number of nitrogens with one attached hydrogen (secondary N) is 1. The van der Waals surface area contributed by atoms with Crippen molar-refractivity contribution in [1.82, 2.24) is 19.6 Å². The van der Waals surface area contributed by atoms with Gasteiger partial charge >= 0.3 is 6.18 Å². The summed E-state index contributed by atoms with van der Waals surface area (Å²) in [4.78, 5) is 4.30. The number of alkyl halides is 3. The lowest BCUT2D eigenvalue weighted by molar-refractivity contribution is -0.137. The molecule has 2 N–H and O–H groups in total. The lowest BCUT2D eigenvalue weighted by Gasteiger charge is -2.35. The van der Waals surface area contributed by atoms with Crippen molar-refractivity contribution < 1.29 is 23.0 Å². The van der Waals surface area contributed by atoms with Gasteiger partial charge in [-0.2, -0.15) is 13.2 Å². The second kappa shape index (κ2) is 6.87. The monoisotopic (exact) mass is 407 g/mol.